The van der Waals surface area contributed by atoms with Crippen LogP contribution in [0.3, 0.4) is 0 Å². The van der Waals surface area contributed by atoms with Crippen molar-refractivity contribution in [3.8, 4) is 0 Å². The molecule has 4 rings (SSSR count). The SMILES string of the molecule is Nc1ccc(N2CCC(N3C4CCC3CC4)C2=O)cc1. The van der Waals surface area contributed by atoms with Crippen LogP contribution in [0.2, 0.25) is 0 Å². The van der Waals surface area contributed by atoms with E-state index in [9.17, 15) is 4.79 Å². The van der Waals surface area contributed by atoms with E-state index < -0.39 is 0 Å². The van der Waals surface area contributed by atoms with Crippen LogP contribution in [0.5, 0.6) is 0 Å². The molecule has 3 aliphatic rings. The number of fused-ring (bicyclic) bond motifs is 2. The van der Waals surface area contributed by atoms with Crippen LogP contribution in [-0.4, -0.2) is 35.5 Å². The van der Waals surface area contributed by atoms with E-state index in [-0.39, 0.29) is 11.9 Å². The van der Waals surface area contributed by atoms with Gasteiger partial charge in [-0.05, 0) is 56.4 Å². The second-order valence-electron chi connectivity index (χ2n) is 6.30. The Hall–Kier alpha value is -1.55. The van der Waals surface area contributed by atoms with Crippen LogP contribution in [0, 0.1) is 0 Å². The van der Waals surface area contributed by atoms with Gasteiger partial charge in [0.25, 0.3) is 0 Å². The first-order valence-electron chi connectivity index (χ1n) is 7.68. The molecular formula is C16H21N3O. The Morgan fingerprint density at radius 2 is 1.55 bits per heavy atom. The van der Waals surface area contributed by atoms with Gasteiger partial charge in [-0.15, -0.1) is 0 Å². The lowest BCUT2D eigenvalue weighted by molar-refractivity contribution is -0.122. The van der Waals surface area contributed by atoms with E-state index in [1.807, 2.05) is 29.2 Å². The molecule has 3 fully saturated rings. The first kappa shape index (κ1) is 12.2. The largest absolute Gasteiger partial charge is 0.399 e. The molecular weight excluding hydrogens is 250 g/mol. The molecule has 1 amide bonds. The Labute approximate surface area is 119 Å². The summed E-state index contributed by atoms with van der Waals surface area (Å²) in [6.07, 6.45) is 6.12. The molecule has 3 heterocycles. The minimum atomic E-state index is 0.118. The smallest absolute Gasteiger partial charge is 0.244 e. The van der Waals surface area contributed by atoms with Crippen molar-refractivity contribution in [1.82, 2.24) is 4.90 Å². The molecule has 0 radical (unpaired) electrons. The van der Waals surface area contributed by atoms with Gasteiger partial charge < -0.3 is 10.6 Å². The number of amides is 1. The van der Waals surface area contributed by atoms with Crippen molar-refractivity contribution in [3.63, 3.8) is 0 Å². The number of carbonyl (C=O) groups excluding carboxylic acids is 1. The molecule has 1 aromatic rings. The number of hydrogen-bond donors (Lipinski definition) is 1. The number of nitrogens with two attached hydrogens (primary N) is 1. The second-order valence-corrected chi connectivity index (χ2v) is 6.30. The number of anilines is 2. The fraction of sp³-hybridized carbons (Fsp3) is 0.562. The average molecular weight is 271 g/mol. The van der Waals surface area contributed by atoms with Gasteiger partial charge in [0.1, 0.15) is 0 Å². The monoisotopic (exact) mass is 271 g/mol. The molecule has 4 heteroatoms. The van der Waals surface area contributed by atoms with Crippen LogP contribution in [0.25, 0.3) is 0 Å². The van der Waals surface area contributed by atoms with Gasteiger partial charge in [-0.1, -0.05) is 0 Å². The van der Waals surface area contributed by atoms with Gasteiger partial charge in [0.2, 0.25) is 5.91 Å². The van der Waals surface area contributed by atoms with Crippen molar-refractivity contribution < 1.29 is 4.79 Å². The van der Waals surface area contributed by atoms with Crippen LogP contribution < -0.4 is 10.6 Å². The minimum Gasteiger partial charge on any atom is -0.399 e. The van der Waals surface area contributed by atoms with Crippen LogP contribution >= 0.6 is 0 Å². The van der Waals surface area contributed by atoms with E-state index in [0.717, 1.165) is 24.3 Å². The van der Waals surface area contributed by atoms with Gasteiger partial charge in [0.05, 0.1) is 6.04 Å². The van der Waals surface area contributed by atoms with Gasteiger partial charge in [-0.25, -0.2) is 0 Å². The van der Waals surface area contributed by atoms with Crippen molar-refractivity contribution >= 4 is 17.3 Å². The van der Waals surface area contributed by atoms with E-state index in [0.29, 0.717) is 12.1 Å². The standard InChI is InChI=1S/C16H21N3O/c17-11-1-3-12(4-2-11)18-10-9-15(16(18)20)19-13-5-6-14(19)8-7-13/h1-4,13-15H,5-10,17H2. The zero-order valence-electron chi connectivity index (χ0n) is 11.7. The van der Waals surface area contributed by atoms with Crippen molar-refractivity contribution in [3.05, 3.63) is 24.3 Å². The maximum atomic E-state index is 12.7. The van der Waals surface area contributed by atoms with E-state index in [4.69, 9.17) is 5.73 Å². The number of nitrogens with zero attached hydrogens (tertiary/aromatic N) is 2. The molecule has 3 saturated heterocycles. The summed E-state index contributed by atoms with van der Waals surface area (Å²) >= 11 is 0. The molecule has 106 valence electrons. The highest BCUT2D eigenvalue weighted by Crippen LogP contribution is 2.41. The van der Waals surface area contributed by atoms with E-state index >= 15 is 0 Å². The Morgan fingerprint density at radius 1 is 0.950 bits per heavy atom. The molecule has 3 aliphatic heterocycles. The molecule has 1 atom stereocenters. The highest BCUT2D eigenvalue weighted by atomic mass is 16.2. The number of nitrogen functional groups attached to an aromatic ring is 1. The van der Waals surface area contributed by atoms with Crippen molar-refractivity contribution in [1.29, 1.82) is 0 Å². The maximum absolute atomic E-state index is 12.7. The summed E-state index contributed by atoms with van der Waals surface area (Å²) in [6.45, 7) is 0.837. The lowest BCUT2D eigenvalue weighted by Gasteiger charge is -2.27. The van der Waals surface area contributed by atoms with Gasteiger partial charge in [-0.2, -0.15) is 0 Å². The summed E-state index contributed by atoms with van der Waals surface area (Å²) in [6, 6.07) is 9.10. The lowest BCUT2D eigenvalue weighted by atomic mass is 10.0. The van der Waals surface area contributed by atoms with Gasteiger partial charge in [0, 0.05) is 30.0 Å². The molecule has 0 aromatic heterocycles. The third-order valence-corrected chi connectivity index (χ3v) is 5.25. The fourth-order valence-corrected chi connectivity index (χ4v) is 4.31. The molecule has 0 saturated carbocycles. The Balaban J connectivity index is 1.55. The van der Waals surface area contributed by atoms with Crippen LogP contribution in [0.1, 0.15) is 32.1 Å². The lowest BCUT2D eigenvalue weighted by Crippen LogP contribution is -2.44. The molecule has 20 heavy (non-hydrogen) atoms. The highest BCUT2D eigenvalue weighted by Gasteiger charge is 2.48. The Morgan fingerprint density at radius 3 is 2.15 bits per heavy atom. The Kier molecular flexibility index (Phi) is 2.74. The third-order valence-electron chi connectivity index (χ3n) is 5.25. The summed E-state index contributed by atoms with van der Waals surface area (Å²) in [7, 11) is 0. The summed E-state index contributed by atoms with van der Waals surface area (Å²) in [5.74, 6) is 0.286. The number of rotatable bonds is 2. The normalized spacial score (nSPS) is 33.3. The van der Waals surface area contributed by atoms with Crippen LogP contribution in [0.4, 0.5) is 11.4 Å². The first-order chi connectivity index (χ1) is 9.74. The quantitative estimate of drug-likeness (QED) is 0.837. The van der Waals surface area contributed by atoms with E-state index in [2.05, 4.69) is 4.90 Å². The zero-order chi connectivity index (χ0) is 13.7. The first-order valence-corrected chi connectivity index (χ1v) is 7.68. The fourth-order valence-electron chi connectivity index (χ4n) is 4.31. The average Bonchev–Trinajstić information content (AvgIpc) is 3.14. The van der Waals surface area contributed by atoms with Crippen LogP contribution in [0.15, 0.2) is 24.3 Å². The van der Waals surface area contributed by atoms with Gasteiger partial charge >= 0.3 is 0 Å². The molecule has 4 nitrogen and oxygen atoms in total. The molecule has 1 unspecified atom stereocenters. The predicted octanol–water partition coefficient (Wildman–Crippen LogP) is 2.00. The van der Waals surface area contributed by atoms with Crippen molar-refractivity contribution in [2.75, 3.05) is 17.2 Å². The number of carbonyl (C=O) groups is 1. The topological polar surface area (TPSA) is 49.6 Å². The highest BCUT2D eigenvalue weighted by molar-refractivity contribution is 5.99. The van der Waals surface area contributed by atoms with Gasteiger partial charge in [-0.3, -0.25) is 9.69 Å². The molecule has 1 aromatic carbocycles. The molecule has 0 spiro atoms. The van der Waals surface area contributed by atoms with Crippen molar-refractivity contribution in [2.24, 2.45) is 0 Å². The Bertz CT molecular complexity index is 507. The minimum absolute atomic E-state index is 0.118. The number of hydrogen-bond acceptors (Lipinski definition) is 3. The van der Waals surface area contributed by atoms with Crippen molar-refractivity contribution in [2.45, 2.75) is 50.2 Å². The third kappa shape index (κ3) is 1.74. The summed E-state index contributed by atoms with van der Waals surface area (Å²) < 4.78 is 0. The summed E-state index contributed by atoms with van der Waals surface area (Å²) in [5, 5.41) is 0. The zero-order valence-corrected chi connectivity index (χ0v) is 11.7. The van der Waals surface area contributed by atoms with Crippen LogP contribution in [-0.2, 0) is 4.79 Å². The van der Waals surface area contributed by atoms with E-state index in [1.165, 1.54) is 25.7 Å². The second kappa shape index (κ2) is 4.48. The number of benzene rings is 1. The summed E-state index contributed by atoms with van der Waals surface area (Å²) in [5.41, 5.74) is 7.45. The molecule has 2 N–H and O–H groups in total. The molecule has 2 bridgehead atoms. The maximum Gasteiger partial charge on any atom is 0.244 e. The van der Waals surface area contributed by atoms with Gasteiger partial charge in [0.15, 0.2) is 0 Å². The molecule has 0 aliphatic carbocycles. The summed E-state index contributed by atoms with van der Waals surface area (Å²) in [4.78, 5) is 17.2. The van der Waals surface area contributed by atoms with E-state index in [1.54, 1.807) is 0 Å². The predicted molar refractivity (Wildman–Crippen MR) is 79.5 cm³/mol.